The van der Waals surface area contributed by atoms with Crippen LogP contribution in [0.1, 0.15) is 53.6 Å². The molecular formula is C18H22N4S. The van der Waals surface area contributed by atoms with E-state index in [1.165, 1.54) is 29.8 Å². The first-order valence-corrected chi connectivity index (χ1v) is 8.61. The second-order valence-electron chi connectivity index (χ2n) is 6.67. The third-order valence-electron chi connectivity index (χ3n) is 5.09. The topological polar surface area (TPSA) is 33.1 Å². The Morgan fingerprint density at radius 2 is 2.04 bits per heavy atom. The SMILES string of the molecule is Cc1cc([C@H]2[C@H](c3ccccn3)NC(=S)N2C)c(C)n1C1CC1. The van der Waals surface area contributed by atoms with Crippen molar-refractivity contribution in [3.8, 4) is 0 Å². The van der Waals surface area contributed by atoms with Crippen LogP contribution in [0.2, 0.25) is 0 Å². The van der Waals surface area contributed by atoms with Gasteiger partial charge in [0, 0.05) is 30.7 Å². The van der Waals surface area contributed by atoms with Gasteiger partial charge in [0.1, 0.15) is 0 Å². The van der Waals surface area contributed by atoms with Gasteiger partial charge in [0.15, 0.2) is 5.11 Å². The van der Waals surface area contributed by atoms with Crippen molar-refractivity contribution in [1.29, 1.82) is 0 Å². The maximum Gasteiger partial charge on any atom is 0.169 e. The zero-order valence-electron chi connectivity index (χ0n) is 13.8. The van der Waals surface area contributed by atoms with Crippen LogP contribution in [0.5, 0.6) is 0 Å². The molecule has 2 fully saturated rings. The maximum absolute atomic E-state index is 5.52. The number of nitrogens with zero attached hydrogens (tertiary/aromatic N) is 3. The molecule has 1 saturated heterocycles. The Morgan fingerprint density at radius 3 is 2.70 bits per heavy atom. The van der Waals surface area contributed by atoms with Crippen molar-refractivity contribution >= 4 is 17.3 Å². The number of nitrogens with one attached hydrogen (secondary N) is 1. The first-order valence-electron chi connectivity index (χ1n) is 8.20. The highest BCUT2D eigenvalue weighted by molar-refractivity contribution is 7.80. The molecule has 1 aliphatic carbocycles. The van der Waals surface area contributed by atoms with Crippen LogP contribution < -0.4 is 5.32 Å². The summed E-state index contributed by atoms with van der Waals surface area (Å²) in [6.45, 7) is 4.45. The molecule has 1 aliphatic heterocycles. The van der Waals surface area contributed by atoms with Gasteiger partial charge < -0.3 is 14.8 Å². The molecule has 0 radical (unpaired) electrons. The highest BCUT2D eigenvalue weighted by Crippen LogP contribution is 2.43. The van der Waals surface area contributed by atoms with Crippen LogP contribution >= 0.6 is 12.2 Å². The summed E-state index contributed by atoms with van der Waals surface area (Å²) < 4.78 is 2.50. The van der Waals surface area contributed by atoms with Gasteiger partial charge in [0.05, 0.1) is 17.8 Å². The van der Waals surface area contributed by atoms with E-state index in [1.54, 1.807) is 0 Å². The lowest BCUT2D eigenvalue weighted by molar-refractivity contribution is 0.366. The largest absolute Gasteiger partial charge is 0.352 e. The van der Waals surface area contributed by atoms with Crippen LogP contribution in [0.3, 0.4) is 0 Å². The van der Waals surface area contributed by atoms with Crippen LogP contribution in [0.15, 0.2) is 30.5 Å². The van der Waals surface area contributed by atoms with Crippen molar-refractivity contribution in [2.45, 2.75) is 44.8 Å². The molecule has 3 heterocycles. The number of hydrogen-bond donors (Lipinski definition) is 1. The third kappa shape index (κ3) is 2.34. The molecule has 2 aromatic rings. The summed E-state index contributed by atoms with van der Waals surface area (Å²) in [7, 11) is 2.08. The predicted molar refractivity (Wildman–Crippen MR) is 95.4 cm³/mol. The van der Waals surface area contributed by atoms with E-state index >= 15 is 0 Å². The minimum atomic E-state index is 0.0989. The molecule has 120 valence electrons. The Kier molecular flexibility index (Phi) is 3.41. The molecule has 0 amide bonds. The standard InChI is InChI=1S/C18H22N4S/c1-11-10-14(12(2)22(11)13-7-8-13)17-16(20-18(23)21(17)3)15-6-4-5-9-19-15/h4-6,9-10,13,16-17H,7-8H2,1-3H3,(H,20,23)/t16-,17-/m0/s1. The Balaban J connectivity index is 1.79. The van der Waals surface area contributed by atoms with Crippen LogP contribution in [0.4, 0.5) is 0 Å². The molecule has 0 unspecified atom stereocenters. The van der Waals surface area contributed by atoms with Crippen LogP contribution in [0, 0.1) is 13.8 Å². The zero-order chi connectivity index (χ0) is 16.1. The molecule has 23 heavy (non-hydrogen) atoms. The summed E-state index contributed by atoms with van der Waals surface area (Å²) in [5.74, 6) is 0. The molecule has 1 saturated carbocycles. The number of hydrogen-bond acceptors (Lipinski definition) is 2. The predicted octanol–water partition coefficient (Wildman–Crippen LogP) is 3.44. The summed E-state index contributed by atoms with van der Waals surface area (Å²) in [6.07, 6.45) is 4.45. The fraction of sp³-hybridized carbons (Fsp3) is 0.444. The van der Waals surface area contributed by atoms with E-state index in [1.807, 2.05) is 18.3 Å². The third-order valence-corrected chi connectivity index (χ3v) is 5.50. The van der Waals surface area contributed by atoms with Gasteiger partial charge in [-0.2, -0.15) is 0 Å². The number of thiocarbonyl (C=S) groups is 1. The van der Waals surface area contributed by atoms with Gasteiger partial charge in [-0.05, 0) is 62.7 Å². The number of rotatable bonds is 3. The molecule has 0 aromatic carbocycles. The molecule has 0 spiro atoms. The molecule has 5 heteroatoms. The van der Waals surface area contributed by atoms with Gasteiger partial charge in [0.25, 0.3) is 0 Å². The van der Waals surface area contributed by atoms with Crippen molar-refractivity contribution < 1.29 is 0 Å². The van der Waals surface area contributed by atoms with Gasteiger partial charge in [-0.3, -0.25) is 4.98 Å². The summed E-state index contributed by atoms with van der Waals surface area (Å²) in [5, 5.41) is 4.25. The Bertz CT molecular complexity index is 748. The van der Waals surface area contributed by atoms with E-state index in [-0.39, 0.29) is 12.1 Å². The van der Waals surface area contributed by atoms with Gasteiger partial charge >= 0.3 is 0 Å². The quantitative estimate of drug-likeness (QED) is 0.876. The lowest BCUT2D eigenvalue weighted by Gasteiger charge is -2.24. The number of aryl methyl sites for hydroxylation is 1. The number of likely N-dealkylation sites (N-methyl/N-ethyl adjacent to an activating group) is 1. The van der Waals surface area contributed by atoms with E-state index in [9.17, 15) is 0 Å². The summed E-state index contributed by atoms with van der Waals surface area (Å²) in [4.78, 5) is 6.73. The van der Waals surface area contributed by atoms with Gasteiger partial charge in [-0.25, -0.2) is 0 Å². The molecular weight excluding hydrogens is 304 g/mol. The smallest absolute Gasteiger partial charge is 0.169 e. The van der Waals surface area contributed by atoms with Crippen LogP contribution in [-0.2, 0) is 0 Å². The Morgan fingerprint density at radius 1 is 1.26 bits per heavy atom. The van der Waals surface area contributed by atoms with Gasteiger partial charge in [-0.1, -0.05) is 6.07 Å². The Hall–Kier alpha value is -1.88. The molecule has 2 aliphatic rings. The highest BCUT2D eigenvalue weighted by atomic mass is 32.1. The van der Waals surface area contributed by atoms with E-state index in [0.717, 1.165) is 10.8 Å². The maximum atomic E-state index is 5.52. The molecule has 2 aromatic heterocycles. The van der Waals surface area contributed by atoms with Crippen molar-refractivity contribution in [2.24, 2.45) is 0 Å². The molecule has 0 bridgehead atoms. The van der Waals surface area contributed by atoms with Crippen LogP contribution in [-0.4, -0.2) is 26.6 Å². The highest BCUT2D eigenvalue weighted by Gasteiger charge is 2.40. The minimum absolute atomic E-state index is 0.0989. The van der Waals surface area contributed by atoms with Crippen molar-refractivity contribution in [3.63, 3.8) is 0 Å². The summed E-state index contributed by atoms with van der Waals surface area (Å²) >= 11 is 5.52. The lowest BCUT2D eigenvalue weighted by Crippen LogP contribution is -2.25. The zero-order valence-corrected chi connectivity index (χ0v) is 14.6. The normalized spacial score (nSPS) is 24.1. The number of pyridine rings is 1. The van der Waals surface area contributed by atoms with Crippen molar-refractivity contribution in [3.05, 3.63) is 53.1 Å². The molecule has 4 nitrogen and oxygen atoms in total. The lowest BCUT2D eigenvalue weighted by atomic mass is 9.97. The monoisotopic (exact) mass is 326 g/mol. The van der Waals surface area contributed by atoms with E-state index < -0.39 is 0 Å². The second-order valence-corrected chi connectivity index (χ2v) is 7.05. The van der Waals surface area contributed by atoms with E-state index in [2.05, 4.69) is 52.8 Å². The fourth-order valence-corrected chi connectivity index (χ4v) is 4.08. The van der Waals surface area contributed by atoms with Gasteiger partial charge in [-0.15, -0.1) is 0 Å². The second kappa shape index (κ2) is 5.34. The van der Waals surface area contributed by atoms with E-state index in [0.29, 0.717) is 6.04 Å². The average Bonchev–Trinajstić information content (AvgIpc) is 3.28. The van der Waals surface area contributed by atoms with Gasteiger partial charge in [0.2, 0.25) is 0 Å². The average molecular weight is 326 g/mol. The molecule has 1 N–H and O–H groups in total. The van der Waals surface area contributed by atoms with E-state index in [4.69, 9.17) is 12.2 Å². The first-order chi connectivity index (χ1) is 11.1. The molecule has 2 atom stereocenters. The fourth-order valence-electron chi connectivity index (χ4n) is 3.84. The van der Waals surface area contributed by atoms with Crippen molar-refractivity contribution in [2.75, 3.05) is 7.05 Å². The van der Waals surface area contributed by atoms with Crippen LogP contribution in [0.25, 0.3) is 0 Å². The molecule has 4 rings (SSSR count). The first kappa shape index (κ1) is 14.7. The Labute approximate surface area is 142 Å². The number of aromatic nitrogens is 2. The summed E-state index contributed by atoms with van der Waals surface area (Å²) in [5.41, 5.74) is 5.13. The minimum Gasteiger partial charge on any atom is -0.352 e. The summed E-state index contributed by atoms with van der Waals surface area (Å²) in [6, 6.07) is 9.39. The van der Waals surface area contributed by atoms with Crippen molar-refractivity contribution in [1.82, 2.24) is 19.8 Å².